The van der Waals surface area contributed by atoms with Crippen molar-refractivity contribution in [2.24, 2.45) is 5.92 Å². The van der Waals surface area contributed by atoms with E-state index >= 15 is 0 Å². The van der Waals surface area contributed by atoms with Crippen LogP contribution in [0, 0.1) is 5.92 Å². The Morgan fingerprint density at radius 1 is 1.00 bits per heavy atom. The summed E-state index contributed by atoms with van der Waals surface area (Å²) in [5, 5.41) is 8.87. The van der Waals surface area contributed by atoms with E-state index in [2.05, 4.69) is 41.9 Å². The van der Waals surface area contributed by atoms with Gasteiger partial charge in [0.1, 0.15) is 0 Å². The minimum absolute atomic E-state index is 0.102. The van der Waals surface area contributed by atoms with Gasteiger partial charge < -0.3 is 16.0 Å². The lowest BCUT2D eigenvalue weighted by Gasteiger charge is -2.16. The number of anilines is 1. The molecule has 0 aromatic heterocycles. The Hall–Kier alpha value is -2.73. The van der Waals surface area contributed by atoms with Gasteiger partial charge in [-0.2, -0.15) is 0 Å². The van der Waals surface area contributed by atoms with E-state index in [0.29, 0.717) is 17.2 Å². The first-order chi connectivity index (χ1) is 14.7. The Morgan fingerprint density at radius 3 is 2.29 bits per heavy atom. The molecule has 3 N–H and O–H groups in total. The van der Waals surface area contributed by atoms with Crippen LogP contribution in [0.4, 0.5) is 5.69 Å². The van der Waals surface area contributed by atoms with E-state index in [4.69, 9.17) is 12.2 Å². The molecule has 0 heterocycles. The number of benzene rings is 2. The van der Waals surface area contributed by atoms with Crippen molar-refractivity contribution in [1.29, 1.82) is 0 Å². The summed E-state index contributed by atoms with van der Waals surface area (Å²) >= 11 is 5.30. The van der Waals surface area contributed by atoms with Crippen LogP contribution in [-0.4, -0.2) is 23.0 Å². The maximum atomic E-state index is 12.6. The first-order valence-corrected chi connectivity index (χ1v) is 11.2. The lowest BCUT2D eigenvalue weighted by atomic mass is 9.96. The zero-order chi connectivity index (χ0) is 23.0. The fourth-order valence-corrected chi connectivity index (χ4v) is 3.31. The molecule has 2 unspecified atom stereocenters. The van der Waals surface area contributed by atoms with Crippen molar-refractivity contribution in [1.82, 2.24) is 10.6 Å². The predicted octanol–water partition coefficient (Wildman–Crippen LogP) is 5.03. The van der Waals surface area contributed by atoms with Crippen molar-refractivity contribution in [3.8, 4) is 0 Å². The van der Waals surface area contributed by atoms with Crippen LogP contribution in [0.15, 0.2) is 48.5 Å². The van der Waals surface area contributed by atoms with E-state index < -0.39 is 0 Å². The van der Waals surface area contributed by atoms with E-state index in [1.165, 1.54) is 5.56 Å². The first kappa shape index (κ1) is 24.5. The molecule has 0 saturated carbocycles. The van der Waals surface area contributed by atoms with Crippen LogP contribution in [0.3, 0.4) is 0 Å². The second-order valence-electron chi connectivity index (χ2n) is 8.37. The average Bonchev–Trinajstić information content (AvgIpc) is 2.73. The predicted molar refractivity (Wildman–Crippen MR) is 131 cm³/mol. The molecule has 0 bridgehead atoms. The highest BCUT2D eigenvalue weighted by Gasteiger charge is 2.17. The zero-order valence-corrected chi connectivity index (χ0v) is 19.8. The number of rotatable bonds is 8. The SMILES string of the molecule is CCC(C)NC(=O)c1cccc(NC(=S)NC(=O)C(C)c2ccc(CC(C)C)cc2)c1. The van der Waals surface area contributed by atoms with Gasteiger partial charge in [-0.3, -0.25) is 9.59 Å². The molecule has 0 fully saturated rings. The molecular weight excluding hydrogens is 406 g/mol. The minimum atomic E-state index is -0.333. The van der Waals surface area contributed by atoms with Crippen molar-refractivity contribution < 1.29 is 9.59 Å². The van der Waals surface area contributed by atoms with Gasteiger partial charge >= 0.3 is 0 Å². The molecule has 6 heteroatoms. The molecule has 2 rings (SSSR count). The van der Waals surface area contributed by atoms with E-state index in [1.54, 1.807) is 24.3 Å². The Morgan fingerprint density at radius 2 is 1.68 bits per heavy atom. The Kier molecular flexibility index (Phi) is 9.19. The van der Waals surface area contributed by atoms with Crippen LogP contribution in [0.1, 0.15) is 68.4 Å². The van der Waals surface area contributed by atoms with E-state index in [-0.39, 0.29) is 28.9 Å². The molecule has 0 aliphatic heterocycles. The largest absolute Gasteiger partial charge is 0.350 e. The third-order valence-corrected chi connectivity index (χ3v) is 5.33. The number of carbonyl (C=O) groups is 2. The molecule has 0 radical (unpaired) electrons. The highest BCUT2D eigenvalue weighted by molar-refractivity contribution is 7.80. The maximum absolute atomic E-state index is 12.6. The van der Waals surface area contributed by atoms with Gasteiger partial charge in [0.2, 0.25) is 5.91 Å². The van der Waals surface area contributed by atoms with Crippen LogP contribution in [-0.2, 0) is 11.2 Å². The lowest BCUT2D eigenvalue weighted by molar-refractivity contribution is -0.120. The summed E-state index contributed by atoms with van der Waals surface area (Å²) in [6.45, 7) is 10.2. The molecule has 2 aromatic carbocycles. The van der Waals surface area contributed by atoms with Gasteiger partial charge in [0, 0.05) is 17.3 Å². The van der Waals surface area contributed by atoms with Gasteiger partial charge in [0.25, 0.3) is 5.91 Å². The minimum Gasteiger partial charge on any atom is -0.350 e. The Bertz CT molecular complexity index is 909. The third-order valence-electron chi connectivity index (χ3n) is 5.13. The number of hydrogen-bond donors (Lipinski definition) is 3. The van der Waals surface area contributed by atoms with E-state index in [0.717, 1.165) is 18.4 Å². The van der Waals surface area contributed by atoms with Gasteiger partial charge in [-0.1, -0.05) is 51.1 Å². The van der Waals surface area contributed by atoms with Crippen LogP contribution in [0.2, 0.25) is 0 Å². The van der Waals surface area contributed by atoms with Crippen molar-refractivity contribution in [2.75, 3.05) is 5.32 Å². The highest BCUT2D eigenvalue weighted by Crippen LogP contribution is 2.18. The molecule has 31 heavy (non-hydrogen) atoms. The number of amides is 2. The first-order valence-electron chi connectivity index (χ1n) is 10.8. The van der Waals surface area contributed by atoms with E-state index in [9.17, 15) is 9.59 Å². The second kappa shape index (κ2) is 11.6. The summed E-state index contributed by atoms with van der Waals surface area (Å²) in [5.74, 6) is -0.0580. The zero-order valence-electron chi connectivity index (χ0n) is 19.0. The van der Waals surface area contributed by atoms with Gasteiger partial charge in [-0.25, -0.2) is 0 Å². The van der Waals surface area contributed by atoms with Crippen LogP contribution < -0.4 is 16.0 Å². The van der Waals surface area contributed by atoms with Gasteiger partial charge in [0.15, 0.2) is 5.11 Å². The third kappa shape index (κ3) is 7.79. The summed E-state index contributed by atoms with van der Waals surface area (Å²) in [4.78, 5) is 25.0. The van der Waals surface area contributed by atoms with Crippen molar-refractivity contribution >= 4 is 34.8 Å². The summed E-state index contributed by atoms with van der Waals surface area (Å²) in [7, 11) is 0. The van der Waals surface area contributed by atoms with Gasteiger partial charge in [-0.05, 0) is 74.2 Å². The smallest absolute Gasteiger partial charge is 0.251 e. The summed E-state index contributed by atoms with van der Waals surface area (Å²) in [6, 6.07) is 15.3. The monoisotopic (exact) mass is 439 g/mol. The Balaban J connectivity index is 1.95. The number of carbonyl (C=O) groups excluding carboxylic acids is 2. The fraction of sp³-hybridized carbons (Fsp3) is 0.400. The number of thiocarbonyl (C=S) groups is 1. The van der Waals surface area contributed by atoms with Crippen LogP contribution >= 0.6 is 12.2 Å². The van der Waals surface area contributed by atoms with Crippen LogP contribution in [0.25, 0.3) is 0 Å². The molecule has 166 valence electrons. The molecule has 2 aromatic rings. The average molecular weight is 440 g/mol. The summed E-state index contributed by atoms with van der Waals surface area (Å²) < 4.78 is 0. The van der Waals surface area contributed by atoms with Crippen molar-refractivity contribution in [2.45, 2.75) is 59.4 Å². The molecule has 5 nitrogen and oxygen atoms in total. The molecule has 0 aliphatic rings. The molecule has 0 spiro atoms. The molecule has 2 amide bonds. The lowest BCUT2D eigenvalue weighted by Crippen LogP contribution is -2.37. The maximum Gasteiger partial charge on any atom is 0.251 e. The highest BCUT2D eigenvalue weighted by atomic mass is 32.1. The standard InChI is InChI=1S/C25H33N3O2S/c1-6-17(4)26-24(30)21-8-7-9-22(15-21)27-25(31)28-23(29)18(5)20-12-10-19(11-13-20)14-16(2)3/h7-13,15-18H,6,14H2,1-5H3,(H,26,30)(H2,27,28,29,31). The van der Waals surface area contributed by atoms with Crippen LogP contribution in [0.5, 0.6) is 0 Å². The summed E-state index contributed by atoms with van der Waals surface area (Å²) in [5.41, 5.74) is 3.39. The fourth-order valence-electron chi connectivity index (χ4n) is 3.10. The Labute approximate surface area is 191 Å². The second-order valence-corrected chi connectivity index (χ2v) is 8.78. The number of nitrogens with one attached hydrogen (secondary N) is 3. The molecule has 0 aliphatic carbocycles. The van der Waals surface area contributed by atoms with Gasteiger partial charge in [0.05, 0.1) is 5.92 Å². The number of hydrogen-bond acceptors (Lipinski definition) is 3. The quantitative estimate of drug-likeness (QED) is 0.505. The molecular formula is C25H33N3O2S. The topological polar surface area (TPSA) is 70.2 Å². The van der Waals surface area contributed by atoms with E-state index in [1.807, 2.05) is 32.9 Å². The van der Waals surface area contributed by atoms with Crippen molar-refractivity contribution in [3.63, 3.8) is 0 Å². The summed E-state index contributed by atoms with van der Waals surface area (Å²) in [6.07, 6.45) is 1.88. The van der Waals surface area contributed by atoms with Crippen molar-refractivity contribution in [3.05, 3.63) is 65.2 Å². The molecule has 2 atom stereocenters. The normalized spacial score (nSPS) is 12.7. The van der Waals surface area contributed by atoms with Gasteiger partial charge in [-0.15, -0.1) is 0 Å². The molecule has 0 saturated heterocycles.